The summed E-state index contributed by atoms with van der Waals surface area (Å²) in [5, 5.41) is 6.39. The van der Waals surface area contributed by atoms with E-state index in [1.165, 1.54) is 0 Å². The summed E-state index contributed by atoms with van der Waals surface area (Å²) in [6.07, 6.45) is 3.07. The molecule has 1 heterocycles. The van der Waals surface area contributed by atoms with E-state index in [1.807, 2.05) is 34.6 Å². The summed E-state index contributed by atoms with van der Waals surface area (Å²) in [4.78, 5) is 16.5. The lowest BCUT2D eigenvalue weighted by Crippen LogP contribution is -2.45. The van der Waals surface area contributed by atoms with Crippen molar-refractivity contribution in [3.63, 3.8) is 0 Å². The molecule has 164 valence electrons. The Morgan fingerprint density at radius 1 is 1.21 bits per heavy atom. The predicted molar refractivity (Wildman–Crippen MR) is 116 cm³/mol. The molecule has 7 heteroatoms. The van der Waals surface area contributed by atoms with Crippen LogP contribution in [0.1, 0.15) is 60.8 Å². The van der Waals surface area contributed by atoms with Crippen LogP contribution in [0.3, 0.4) is 0 Å². The number of hydrogen-bond acceptors (Lipinski definition) is 3. The molecule has 2 rings (SSSR count). The minimum Gasteiger partial charge on any atom is -0.351 e. The third-order valence-corrected chi connectivity index (χ3v) is 5.30. The van der Waals surface area contributed by atoms with Crippen LogP contribution in [0.4, 0.5) is 8.78 Å². The third-order valence-electron chi connectivity index (χ3n) is 5.30. The summed E-state index contributed by atoms with van der Waals surface area (Å²) in [5.74, 6) is -1.74. The van der Waals surface area contributed by atoms with Crippen LogP contribution in [0.25, 0.3) is 0 Å². The second-order valence-corrected chi connectivity index (χ2v) is 7.97. The van der Waals surface area contributed by atoms with Crippen LogP contribution in [-0.4, -0.2) is 43.2 Å². The number of fused-ring (bicyclic) bond motifs is 1. The van der Waals surface area contributed by atoms with E-state index in [-0.39, 0.29) is 29.8 Å². The summed E-state index contributed by atoms with van der Waals surface area (Å²) in [6.45, 7) is 12.5. The summed E-state index contributed by atoms with van der Waals surface area (Å²) < 4.78 is 27.7. The lowest BCUT2D eigenvalue weighted by Gasteiger charge is -2.28. The van der Waals surface area contributed by atoms with Crippen LogP contribution in [0.5, 0.6) is 0 Å². The van der Waals surface area contributed by atoms with Gasteiger partial charge >= 0.3 is 0 Å². The highest BCUT2D eigenvalue weighted by molar-refractivity contribution is 6.01. The van der Waals surface area contributed by atoms with E-state index in [0.29, 0.717) is 36.8 Å². The van der Waals surface area contributed by atoms with Gasteiger partial charge < -0.3 is 10.6 Å². The van der Waals surface area contributed by atoms with Crippen molar-refractivity contribution < 1.29 is 13.6 Å². The zero-order valence-corrected chi connectivity index (χ0v) is 19.2. The lowest BCUT2D eigenvalue weighted by molar-refractivity contribution is -0.124. The van der Waals surface area contributed by atoms with Crippen molar-refractivity contribution >= 4 is 24.0 Å². The van der Waals surface area contributed by atoms with E-state index in [1.54, 1.807) is 13.1 Å². The highest BCUT2D eigenvalue weighted by atomic mass is 35.5. The smallest absolute Gasteiger partial charge is 0.271 e. The predicted octanol–water partition coefficient (Wildman–Crippen LogP) is 4.64. The molecule has 2 fully saturated rings. The van der Waals surface area contributed by atoms with Gasteiger partial charge in [0.15, 0.2) is 0 Å². The number of piperidine rings is 1. The van der Waals surface area contributed by atoms with Crippen molar-refractivity contribution in [2.45, 2.75) is 72.3 Å². The Hall–Kier alpha value is -1.01. The zero-order chi connectivity index (χ0) is 20.8. The Morgan fingerprint density at radius 3 is 2.18 bits per heavy atom. The first-order valence-corrected chi connectivity index (χ1v) is 10.2. The average molecular weight is 422 g/mol. The Kier molecular flexibility index (Phi) is 10.8. The number of nitrogens with zero attached hydrogens (tertiary/aromatic N) is 1. The van der Waals surface area contributed by atoms with Gasteiger partial charge in [-0.15, -0.1) is 12.4 Å². The summed E-state index contributed by atoms with van der Waals surface area (Å²) in [5.41, 5.74) is -0.0240. The first-order valence-electron chi connectivity index (χ1n) is 10.2. The Morgan fingerprint density at radius 2 is 1.75 bits per heavy atom. The van der Waals surface area contributed by atoms with Gasteiger partial charge in [-0.2, -0.15) is 0 Å². The van der Waals surface area contributed by atoms with E-state index in [9.17, 15) is 13.6 Å². The van der Waals surface area contributed by atoms with E-state index in [2.05, 4.69) is 15.6 Å². The van der Waals surface area contributed by atoms with Gasteiger partial charge in [0.1, 0.15) is 0 Å². The highest BCUT2D eigenvalue weighted by Crippen LogP contribution is 2.48. The number of hydrogen-bond donors (Lipinski definition) is 2. The third kappa shape index (κ3) is 7.11. The van der Waals surface area contributed by atoms with Gasteiger partial charge in [0.05, 0.1) is 0 Å². The summed E-state index contributed by atoms with van der Waals surface area (Å²) in [7, 11) is 1.55. The normalized spacial score (nSPS) is 24.5. The molecule has 2 N–H and O–H groups in total. The zero-order valence-electron chi connectivity index (χ0n) is 18.4. The van der Waals surface area contributed by atoms with Crippen molar-refractivity contribution in [2.24, 2.45) is 22.7 Å². The molecule has 0 aromatic rings. The van der Waals surface area contributed by atoms with Crippen LogP contribution >= 0.6 is 12.4 Å². The molecule has 28 heavy (non-hydrogen) atoms. The summed E-state index contributed by atoms with van der Waals surface area (Å²) in [6, 6.07) is 0. The molecule has 0 aromatic heterocycles. The number of alkyl halides is 2. The Bertz CT molecular complexity index is 560. The number of amides is 1. The van der Waals surface area contributed by atoms with Gasteiger partial charge in [-0.1, -0.05) is 26.8 Å². The fourth-order valence-electron chi connectivity index (χ4n) is 3.84. The molecule has 1 unspecified atom stereocenters. The molecule has 1 aliphatic carbocycles. The van der Waals surface area contributed by atoms with E-state index < -0.39 is 11.5 Å². The highest BCUT2D eigenvalue weighted by Gasteiger charge is 2.57. The first kappa shape index (κ1) is 27.0. The van der Waals surface area contributed by atoms with E-state index in [4.69, 9.17) is 0 Å². The molecule has 0 spiro atoms. The lowest BCUT2D eigenvalue weighted by atomic mass is 9.91. The van der Waals surface area contributed by atoms with Crippen molar-refractivity contribution in [3.05, 3.63) is 11.6 Å². The molecule has 1 aliphatic heterocycles. The average Bonchev–Trinajstić information content (AvgIpc) is 3.08. The van der Waals surface area contributed by atoms with Crippen LogP contribution < -0.4 is 10.6 Å². The first-order chi connectivity index (χ1) is 12.6. The Balaban J connectivity index is 0.00000235. The van der Waals surface area contributed by atoms with Crippen molar-refractivity contribution in [1.29, 1.82) is 0 Å². The number of allylic oxidation sites excluding steroid dienone is 2. The van der Waals surface area contributed by atoms with Gasteiger partial charge in [-0.05, 0) is 58.0 Å². The minimum atomic E-state index is -2.91. The topological polar surface area (TPSA) is 53.5 Å². The molecule has 1 amide bonds. The molecule has 0 bridgehead atoms. The van der Waals surface area contributed by atoms with Gasteiger partial charge in [0.2, 0.25) is 5.91 Å². The molecular weight excluding hydrogens is 384 g/mol. The monoisotopic (exact) mass is 421 g/mol. The quantitative estimate of drug-likeness (QED) is 0.561. The standard InChI is InChI=1S/C19H31F2N3O.C2H6.ClH/c1-6-7-14(19(4,20)21)15(22-5)8-9-18(2,3)24-17(25)16-12-10-23-11-13(12)16;1-2;/h7,12-13,16,23H,6,8-11H2,1-5H3,(H,24,25);1-2H3;1H/b14-7+,22-15?;;/t12-,13+,16?;;. The number of carbonyl (C=O) groups excluding carboxylic acids is 1. The van der Waals surface area contributed by atoms with Crippen LogP contribution in [0.2, 0.25) is 0 Å². The molecule has 2 aliphatic rings. The van der Waals surface area contributed by atoms with Crippen molar-refractivity contribution in [1.82, 2.24) is 10.6 Å². The molecule has 3 atom stereocenters. The van der Waals surface area contributed by atoms with Gasteiger partial charge in [0, 0.05) is 36.7 Å². The molecule has 4 nitrogen and oxygen atoms in total. The largest absolute Gasteiger partial charge is 0.351 e. The number of carbonyl (C=O) groups is 1. The molecule has 1 saturated heterocycles. The van der Waals surface area contributed by atoms with Crippen LogP contribution in [-0.2, 0) is 4.79 Å². The number of aliphatic imine (C=N–C) groups is 1. The molecule has 1 saturated carbocycles. The number of nitrogens with one attached hydrogen (secondary N) is 2. The maximum atomic E-state index is 13.9. The van der Waals surface area contributed by atoms with Gasteiger partial charge in [-0.25, -0.2) is 8.78 Å². The summed E-state index contributed by atoms with van der Waals surface area (Å²) >= 11 is 0. The van der Waals surface area contributed by atoms with Gasteiger partial charge in [0.25, 0.3) is 5.92 Å². The van der Waals surface area contributed by atoms with Crippen molar-refractivity contribution in [3.8, 4) is 0 Å². The molecule has 0 aromatic carbocycles. The van der Waals surface area contributed by atoms with Crippen molar-refractivity contribution in [2.75, 3.05) is 20.1 Å². The number of rotatable bonds is 8. The second-order valence-electron chi connectivity index (χ2n) is 7.97. The second kappa shape index (κ2) is 11.2. The van der Waals surface area contributed by atoms with Crippen LogP contribution in [0.15, 0.2) is 16.6 Å². The number of halogens is 3. The molecule has 0 radical (unpaired) electrons. The molecular formula is C21H38ClF2N3O. The Labute approximate surface area is 175 Å². The fourth-order valence-corrected chi connectivity index (χ4v) is 3.84. The van der Waals surface area contributed by atoms with Gasteiger partial charge in [-0.3, -0.25) is 9.79 Å². The van der Waals surface area contributed by atoms with E-state index in [0.717, 1.165) is 20.0 Å². The minimum absolute atomic E-state index is 0. The maximum Gasteiger partial charge on any atom is 0.271 e. The maximum absolute atomic E-state index is 13.9. The van der Waals surface area contributed by atoms with Crippen LogP contribution in [0, 0.1) is 17.8 Å². The van der Waals surface area contributed by atoms with E-state index >= 15 is 0 Å². The SMILES string of the molecule is CC.CC/C=C(\C(CCC(C)(C)NC(=O)C1[C@H]2CNC[C@@H]12)=NC)C(C)(F)F.Cl. The fraction of sp³-hybridized carbons (Fsp3) is 0.810.